The zero-order valence-corrected chi connectivity index (χ0v) is 12.2. The van der Waals surface area contributed by atoms with Crippen molar-refractivity contribution in [3.8, 4) is 5.75 Å². The van der Waals surface area contributed by atoms with Crippen molar-refractivity contribution in [2.24, 2.45) is 4.99 Å². The van der Waals surface area contributed by atoms with Crippen LogP contribution in [0.15, 0.2) is 23.2 Å². The fraction of sp³-hybridized carbons (Fsp3) is 0.308. The maximum absolute atomic E-state index is 12.8. The molecule has 0 bridgehead atoms. The van der Waals surface area contributed by atoms with Crippen LogP contribution in [0.4, 0.5) is 9.18 Å². The summed E-state index contributed by atoms with van der Waals surface area (Å²) in [6, 6.07) is 4.66. The molecular weight excluding hydrogens is 283 g/mol. The van der Waals surface area contributed by atoms with Gasteiger partial charge >= 0.3 is 6.09 Å². The maximum Gasteiger partial charge on any atom is 0.434 e. The number of hydrogen-bond donors (Lipinski definition) is 1. The van der Waals surface area contributed by atoms with Gasteiger partial charge in [-0.05, 0) is 30.0 Å². The van der Waals surface area contributed by atoms with E-state index in [1.54, 1.807) is 18.4 Å². The quantitative estimate of drug-likeness (QED) is 0.685. The van der Waals surface area contributed by atoms with Crippen LogP contribution in [0.1, 0.15) is 11.1 Å². The third kappa shape index (κ3) is 4.06. The average Bonchev–Trinajstić information content (AvgIpc) is 2.50. The van der Waals surface area contributed by atoms with Crippen molar-refractivity contribution >= 4 is 28.6 Å². The molecule has 0 atom stereocenters. The van der Waals surface area contributed by atoms with Crippen molar-refractivity contribution in [2.45, 2.75) is 6.67 Å². The van der Waals surface area contributed by atoms with Gasteiger partial charge < -0.3 is 9.47 Å². The Morgan fingerprint density at radius 2 is 2.10 bits per heavy atom. The molecule has 0 unspecified atom stereocenters. The fourth-order valence-electron chi connectivity index (χ4n) is 1.46. The average molecular weight is 298 g/mol. The number of benzene rings is 1. The Morgan fingerprint density at radius 3 is 2.60 bits per heavy atom. The molecule has 0 aliphatic carbocycles. The Labute approximate surface area is 120 Å². The minimum Gasteiger partial charge on any atom is -0.497 e. The summed E-state index contributed by atoms with van der Waals surface area (Å²) in [6.45, 7) is -0.666. The Hall–Kier alpha value is -1.89. The van der Waals surface area contributed by atoms with Crippen LogP contribution in [0.3, 0.4) is 0 Å². The van der Waals surface area contributed by atoms with Gasteiger partial charge in [-0.15, -0.1) is 11.8 Å². The molecule has 0 spiro atoms. The van der Waals surface area contributed by atoms with Gasteiger partial charge in [-0.1, -0.05) is 0 Å². The largest absolute Gasteiger partial charge is 0.497 e. The first-order chi connectivity index (χ1) is 9.55. The molecule has 20 heavy (non-hydrogen) atoms. The number of nitrogens with one attached hydrogen (secondary N) is 1. The van der Waals surface area contributed by atoms with Crippen LogP contribution >= 0.6 is 11.8 Å². The van der Waals surface area contributed by atoms with Gasteiger partial charge in [0.05, 0.1) is 19.9 Å². The van der Waals surface area contributed by atoms with Crippen LogP contribution in [0.2, 0.25) is 0 Å². The van der Waals surface area contributed by atoms with Crippen molar-refractivity contribution in [3.05, 3.63) is 29.3 Å². The van der Waals surface area contributed by atoms with E-state index in [4.69, 9.17) is 10.1 Å². The van der Waals surface area contributed by atoms with Crippen LogP contribution < -0.4 is 4.74 Å². The smallest absolute Gasteiger partial charge is 0.434 e. The molecule has 1 aromatic carbocycles. The zero-order valence-electron chi connectivity index (χ0n) is 11.4. The van der Waals surface area contributed by atoms with Gasteiger partial charge in [-0.2, -0.15) is 4.99 Å². The maximum atomic E-state index is 12.8. The second-order valence-electron chi connectivity index (χ2n) is 3.67. The third-order valence-corrected chi connectivity index (χ3v) is 3.10. The second-order valence-corrected chi connectivity index (χ2v) is 4.46. The number of rotatable bonds is 4. The third-order valence-electron chi connectivity index (χ3n) is 2.42. The Bertz CT molecular complexity index is 524. The molecule has 1 N–H and O–H groups in total. The predicted molar refractivity (Wildman–Crippen MR) is 78.0 cm³/mol. The number of carbonyl (C=O) groups is 1. The van der Waals surface area contributed by atoms with Crippen LogP contribution in [-0.2, 0) is 11.4 Å². The minimum atomic E-state index is -0.785. The number of hydrogen-bond acceptors (Lipinski definition) is 5. The lowest BCUT2D eigenvalue weighted by Gasteiger charge is -2.09. The van der Waals surface area contributed by atoms with Crippen LogP contribution in [0.25, 0.3) is 0 Å². The number of nitrogens with zero attached hydrogens (tertiary/aromatic N) is 1. The highest BCUT2D eigenvalue weighted by Crippen LogP contribution is 2.20. The number of aliphatic imine (C=N–C) groups is 1. The van der Waals surface area contributed by atoms with Gasteiger partial charge in [-0.25, -0.2) is 9.18 Å². The van der Waals surface area contributed by atoms with E-state index in [0.717, 1.165) is 11.8 Å². The summed E-state index contributed by atoms with van der Waals surface area (Å²) in [4.78, 5) is 14.8. The Balaban J connectivity index is 3.18. The van der Waals surface area contributed by atoms with Gasteiger partial charge in [-0.3, -0.25) is 5.41 Å². The summed E-state index contributed by atoms with van der Waals surface area (Å²) in [5.41, 5.74) is 0.827. The fourth-order valence-corrected chi connectivity index (χ4v) is 1.94. The van der Waals surface area contributed by atoms with Crippen LogP contribution in [0.5, 0.6) is 5.75 Å². The molecule has 0 aromatic heterocycles. The van der Waals surface area contributed by atoms with Crippen molar-refractivity contribution in [3.63, 3.8) is 0 Å². The molecule has 1 aromatic rings. The molecular formula is C13H15FN2O3S. The molecule has 0 aliphatic heterocycles. The van der Waals surface area contributed by atoms with Crippen LogP contribution in [0, 0.1) is 5.41 Å². The number of methoxy groups -OCH3 is 2. The highest BCUT2D eigenvalue weighted by atomic mass is 32.2. The van der Waals surface area contributed by atoms with Gasteiger partial charge in [0.1, 0.15) is 17.5 Å². The van der Waals surface area contributed by atoms with E-state index in [0.29, 0.717) is 16.9 Å². The van der Waals surface area contributed by atoms with Crippen molar-refractivity contribution in [1.29, 1.82) is 5.41 Å². The first-order valence-corrected chi connectivity index (χ1v) is 6.82. The van der Waals surface area contributed by atoms with E-state index in [2.05, 4.69) is 9.73 Å². The predicted octanol–water partition coefficient (Wildman–Crippen LogP) is 3.06. The topological polar surface area (TPSA) is 71.7 Å². The number of amides is 1. The van der Waals surface area contributed by atoms with E-state index >= 15 is 0 Å². The van der Waals surface area contributed by atoms with E-state index in [1.165, 1.54) is 20.3 Å². The Morgan fingerprint density at radius 1 is 1.40 bits per heavy atom. The first kappa shape index (κ1) is 16.2. The van der Waals surface area contributed by atoms with Gasteiger partial charge in [0.2, 0.25) is 0 Å². The van der Waals surface area contributed by atoms with E-state index in [9.17, 15) is 9.18 Å². The standard InChI is InChI=1S/C13H15FN2O3S/c1-18-10-5-8(7-14)4-9(6-10)11(15)12(20-3)16-13(17)19-2/h4-6,15H,7H2,1-3H3. The van der Waals surface area contributed by atoms with E-state index in [1.807, 2.05) is 0 Å². The molecule has 0 saturated heterocycles. The van der Waals surface area contributed by atoms with Gasteiger partial charge in [0.25, 0.3) is 0 Å². The highest BCUT2D eigenvalue weighted by Gasteiger charge is 2.13. The minimum absolute atomic E-state index is 0.0106. The van der Waals surface area contributed by atoms with Crippen LogP contribution in [-0.4, -0.2) is 37.3 Å². The monoisotopic (exact) mass is 298 g/mol. The molecule has 1 rings (SSSR count). The molecule has 0 heterocycles. The lowest BCUT2D eigenvalue weighted by atomic mass is 10.1. The molecule has 0 aliphatic rings. The normalized spacial score (nSPS) is 11.1. The Kier molecular flexibility index (Phi) is 6.17. The second kappa shape index (κ2) is 7.64. The highest BCUT2D eigenvalue weighted by molar-refractivity contribution is 8.15. The summed E-state index contributed by atoms with van der Waals surface area (Å²) < 4.78 is 22.3. The number of thioether (sulfide) groups is 1. The summed E-state index contributed by atoms with van der Waals surface area (Å²) >= 11 is 1.13. The lowest BCUT2D eigenvalue weighted by molar-refractivity contribution is 0.183. The van der Waals surface area contributed by atoms with E-state index in [-0.39, 0.29) is 10.8 Å². The number of carbonyl (C=O) groups excluding carboxylic acids is 1. The SMILES string of the molecule is COC(=O)N=C(SC)C(=N)c1cc(CF)cc(OC)c1. The molecule has 0 radical (unpaired) electrons. The zero-order chi connectivity index (χ0) is 15.1. The van der Waals surface area contributed by atoms with Crippen molar-refractivity contribution < 1.29 is 18.7 Å². The summed E-state index contributed by atoms with van der Waals surface area (Å²) in [7, 11) is 2.67. The molecule has 1 amide bonds. The van der Waals surface area contributed by atoms with E-state index < -0.39 is 12.8 Å². The number of alkyl halides is 1. The van der Waals surface area contributed by atoms with Gasteiger partial charge in [0.15, 0.2) is 0 Å². The molecule has 0 saturated carbocycles. The summed E-state index contributed by atoms with van der Waals surface area (Å²) in [5, 5.41) is 8.25. The summed E-state index contributed by atoms with van der Waals surface area (Å²) in [6.07, 6.45) is 0.903. The molecule has 0 fully saturated rings. The summed E-state index contributed by atoms with van der Waals surface area (Å²) in [5.74, 6) is 0.443. The lowest BCUT2D eigenvalue weighted by Crippen LogP contribution is -2.13. The molecule has 5 nitrogen and oxygen atoms in total. The van der Waals surface area contributed by atoms with Gasteiger partial charge in [0, 0.05) is 5.56 Å². The number of ether oxygens (including phenoxy) is 2. The van der Waals surface area contributed by atoms with Crippen molar-refractivity contribution in [2.75, 3.05) is 20.5 Å². The molecule has 108 valence electrons. The molecule has 7 heteroatoms. The van der Waals surface area contributed by atoms with Crippen molar-refractivity contribution in [1.82, 2.24) is 0 Å². The first-order valence-electron chi connectivity index (χ1n) is 5.59. The number of halogens is 1.